The van der Waals surface area contributed by atoms with E-state index in [2.05, 4.69) is 10.3 Å². The predicted molar refractivity (Wildman–Crippen MR) is 143 cm³/mol. The molecule has 0 aliphatic carbocycles. The summed E-state index contributed by atoms with van der Waals surface area (Å²) in [5.41, 5.74) is 3.35. The number of aromatic nitrogens is 1. The summed E-state index contributed by atoms with van der Waals surface area (Å²) in [4.78, 5) is 17.9. The first kappa shape index (κ1) is 23.7. The van der Waals surface area contributed by atoms with E-state index in [-0.39, 0.29) is 12.4 Å². The van der Waals surface area contributed by atoms with Crippen LogP contribution in [0, 0.1) is 0 Å². The fourth-order valence-corrected chi connectivity index (χ4v) is 4.36. The Hall–Kier alpha value is -4.04. The van der Waals surface area contributed by atoms with Gasteiger partial charge in [-0.2, -0.15) is 0 Å². The maximum Gasteiger partial charge on any atom is 0.253 e. The Labute approximate surface area is 214 Å². The number of nitrogens with one attached hydrogen (secondary N) is 2. The van der Waals surface area contributed by atoms with Gasteiger partial charge in [-0.1, -0.05) is 36.4 Å². The number of rotatable bonds is 8. The molecule has 2 N–H and O–H groups in total. The smallest absolute Gasteiger partial charge is 0.253 e. The zero-order valence-electron chi connectivity index (χ0n) is 20.0. The van der Waals surface area contributed by atoms with Gasteiger partial charge in [0.05, 0.1) is 13.2 Å². The largest absolute Gasteiger partial charge is 0.494 e. The lowest BCUT2D eigenvalue weighted by Crippen LogP contribution is -2.39. The van der Waals surface area contributed by atoms with Crippen molar-refractivity contribution in [2.75, 3.05) is 13.4 Å². The molecule has 0 amide bonds. The lowest BCUT2D eigenvalue weighted by molar-refractivity contribution is 0.174. The summed E-state index contributed by atoms with van der Waals surface area (Å²) in [5.74, 6) is 2.20. The number of benzene rings is 3. The topological polar surface area (TPSA) is 75.8 Å². The van der Waals surface area contributed by atoms with Gasteiger partial charge in [-0.25, -0.2) is 0 Å². The lowest BCUT2D eigenvalue weighted by atomic mass is 10.1. The van der Waals surface area contributed by atoms with Gasteiger partial charge in [0.2, 0.25) is 6.79 Å². The number of H-pyrrole nitrogens is 1. The standard InChI is InChI=1S/C28H27N3O4S/c1-2-33-23-9-10-24-21(14-23)13-22(27(32)30-24)17-31(28(36)29-15-19-6-4-3-5-7-19)16-20-8-11-25-26(12-20)35-18-34-25/h3-14H,2,15-18H2,1H3,(H,29,36)(H,30,32). The van der Waals surface area contributed by atoms with E-state index in [9.17, 15) is 4.79 Å². The van der Waals surface area contributed by atoms with Gasteiger partial charge in [-0.15, -0.1) is 0 Å². The molecule has 0 spiro atoms. The first-order valence-electron chi connectivity index (χ1n) is 11.8. The number of nitrogens with zero attached hydrogens (tertiary/aromatic N) is 1. The first-order valence-corrected chi connectivity index (χ1v) is 12.2. The van der Waals surface area contributed by atoms with Gasteiger partial charge in [0, 0.05) is 29.6 Å². The van der Waals surface area contributed by atoms with Crippen molar-refractivity contribution in [1.82, 2.24) is 15.2 Å². The average Bonchev–Trinajstić information content (AvgIpc) is 3.36. The highest BCUT2D eigenvalue weighted by Gasteiger charge is 2.18. The van der Waals surface area contributed by atoms with Crippen LogP contribution in [0.4, 0.5) is 0 Å². The molecular formula is C28H27N3O4S. The summed E-state index contributed by atoms with van der Waals surface area (Å²) < 4.78 is 16.6. The quantitative estimate of drug-likeness (QED) is 0.338. The second-order valence-corrected chi connectivity index (χ2v) is 8.88. The third kappa shape index (κ3) is 5.44. The Bertz CT molecular complexity index is 1440. The lowest BCUT2D eigenvalue weighted by Gasteiger charge is -2.26. The number of aromatic amines is 1. The highest BCUT2D eigenvalue weighted by atomic mass is 32.1. The van der Waals surface area contributed by atoms with E-state index in [4.69, 9.17) is 26.4 Å². The predicted octanol–water partition coefficient (Wildman–Crippen LogP) is 4.73. The second-order valence-electron chi connectivity index (χ2n) is 8.49. The third-order valence-corrected chi connectivity index (χ3v) is 6.35. The molecule has 5 rings (SSSR count). The monoisotopic (exact) mass is 501 g/mol. The highest BCUT2D eigenvalue weighted by molar-refractivity contribution is 7.80. The van der Waals surface area contributed by atoms with Crippen LogP contribution in [-0.2, 0) is 19.6 Å². The van der Waals surface area contributed by atoms with Gasteiger partial charge in [-0.05, 0) is 66.7 Å². The Morgan fingerprint density at radius 3 is 2.67 bits per heavy atom. The maximum absolute atomic E-state index is 13.0. The van der Waals surface area contributed by atoms with Crippen LogP contribution in [0.15, 0.2) is 77.6 Å². The number of pyridine rings is 1. The zero-order chi connectivity index (χ0) is 24.9. The summed E-state index contributed by atoms with van der Waals surface area (Å²) in [7, 11) is 0. The molecule has 36 heavy (non-hydrogen) atoms. The van der Waals surface area contributed by atoms with E-state index in [0.717, 1.165) is 33.5 Å². The van der Waals surface area contributed by atoms with Crippen LogP contribution in [0.3, 0.4) is 0 Å². The van der Waals surface area contributed by atoms with Crippen LogP contribution < -0.4 is 25.1 Å². The van der Waals surface area contributed by atoms with Crippen molar-refractivity contribution in [3.05, 3.63) is 99.8 Å². The summed E-state index contributed by atoms with van der Waals surface area (Å²) in [6, 6.07) is 23.5. The van der Waals surface area contributed by atoms with E-state index in [1.807, 2.05) is 84.6 Å². The fraction of sp³-hybridized carbons (Fsp3) is 0.214. The first-order chi connectivity index (χ1) is 17.6. The molecule has 1 aromatic heterocycles. The van der Waals surface area contributed by atoms with Gasteiger partial charge in [0.15, 0.2) is 16.6 Å². The zero-order valence-corrected chi connectivity index (χ0v) is 20.8. The van der Waals surface area contributed by atoms with Crippen LogP contribution >= 0.6 is 12.2 Å². The SMILES string of the molecule is CCOc1ccc2[nH]c(=O)c(CN(Cc3ccc4c(c3)OCO4)C(=S)NCc3ccccc3)cc2c1. The van der Waals surface area contributed by atoms with Crippen molar-refractivity contribution in [3.8, 4) is 17.2 Å². The molecule has 0 radical (unpaired) electrons. The van der Waals surface area contributed by atoms with Crippen LogP contribution in [0.2, 0.25) is 0 Å². The number of thiocarbonyl (C=S) groups is 1. The molecule has 8 heteroatoms. The minimum Gasteiger partial charge on any atom is -0.494 e. The Morgan fingerprint density at radius 2 is 1.83 bits per heavy atom. The summed E-state index contributed by atoms with van der Waals surface area (Å²) in [6.07, 6.45) is 0. The molecule has 0 fully saturated rings. The summed E-state index contributed by atoms with van der Waals surface area (Å²) in [5, 5.41) is 4.80. The van der Waals surface area contributed by atoms with E-state index in [1.54, 1.807) is 0 Å². The minimum absolute atomic E-state index is 0.145. The molecular weight excluding hydrogens is 474 g/mol. The molecule has 0 bridgehead atoms. The van der Waals surface area contributed by atoms with Crippen molar-refractivity contribution < 1.29 is 14.2 Å². The molecule has 4 aromatic rings. The van der Waals surface area contributed by atoms with E-state index < -0.39 is 0 Å². The normalized spacial score (nSPS) is 11.9. The molecule has 0 unspecified atom stereocenters. The Morgan fingerprint density at radius 1 is 1.00 bits per heavy atom. The molecule has 1 aliphatic heterocycles. The van der Waals surface area contributed by atoms with Crippen LogP contribution in [-0.4, -0.2) is 28.4 Å². The van der Waals surface area contributed by atoms with E-state index in [1.165, 1.54) is 0 Å². The van der Waals surface area contributed by atoms with Gasteiger partial charge < -0.3 is 29.4 Å². The molecule has 0 saturated carbocycles. The minimum atomic E-state index is -0.145. The Balaban J connectivity index is 1.42. The maximum atomic E-state index is 13.0. The van der Waals surface area contributed by atoms with E-state index >= 15 is 0 Å². The van der Waals surface area contributed by atoms with Gasteiger partial charge in [0.25, 0.3) is 5.56 Å². The van der Waals surface area contributed by atoms with Crippen molar-refractivity contribution >= 4 is 28.2 Å². The van der Waals surface area contributed by atoms with Crippen LogP contribution in [0.1, 0.15) is 23.6 Å². The van der Waals surface area contributed by atoms with Crippen molar-refractivity contribution in [2.45, 2.75) is 26.6 Å². The molecule has 1 aliphatic rings. The fourth-order valence-electron chi connectivity index (χ4n) is 4.15. The third-order valence-electron chi connectivity index (χ3n) is 5.95. The van der Waals surface area contributed by atoms with Crippen molar-refractivity contribution in [2.24, 2.45) is 0 Å². The highest BCUT2D eigenvalue weighted by Crippen LogP contribution is 2.33. The summed E-state index contributed by atoms with van der Waals surface area (Å²) in [6.45, 7) is 4.15. The van der Waals surface area contributed by atoms with E-state index in [0.29, 0.717) is 42.7 Å². The van der Waals surface area contributed by atoms with Gasteiger partial charge in [0.1, 0.15) is 5.75 Å². The second kappa shape index (κ2) is 10.7. The molecule has 2 heterocycles. The van der Waals surface area contributed by atoms with Gasteiger partial charge in [-0.3, -0.25) is 4.79 Å². The average molecular weight is 502 g/mol. The van der Waals surface area contributed by atoms with Crippen molar-refractivity contribution in [3.63, 3.8) is 0 Å². The summed E-state index contributed by atoms with van der Waals surface area (Å²) >= 11 is 5.79. The van der Waals surface area contributed by atoms with Crippen LogP contribution in [0.5, 0.6) is 17.2 Å². The Kier molecular flexibility index (Phi) is 7.04. The number of hydrogen-bond acceptors (Lipinski definition) is 5. The van der Waals surface area contributed by atoms with Crippen molar-refractivity contribution in [1.29, 1.82) is 0 Å². The number of fused-ring (bicyclic) bond motifs is 2. The molecule has 0 saturated heterocycles. The number of hydrogen-bond donors (Lipinski definition) is 2. The molecule has 184 valence electrons. The molecule has 3 aromatic carbocycles. The molecule has 7 nitrogen and oxygen atoms in total. The molecule has 0 atom stereocenters. The van der Waals surface area contributed by atoms with Crippen LogP contribution in [0.25, 0.3) is 10.9 Å². The van der Waals surface area contributed by atoms with Gasteiger partial charge >= 0.3 is 0 Å². The number of ether oxygens (including phenoxy) is 3.